The lowest BCUT2D eigenvalue weighted by Crippen LogP contribution is -2.59. The van der Waals surface area contributed by atoms with E-state index in [-0.39, 0.29) is 37.0 Å². The Morgan fingerprint density at radius 1 is 0.866 bits per heavy atom. The normalized spacial score (nSPS) is 31.7. The van der Waals surface area contributed by atoms with Crippen LogP contribution in [0.1, 0.15) is 82.2 Å². The van der Waals surface area contributed by atoms with Crippen LogP contribution in [-0.4, -0.2) is 131 Å². The molecule has 7 rings (SSSR count). The number of carboxylic acid groups (broad SMARTS) is 1. The van der Waals surface area contributed by atoms with Gasteiger partial charge >= 0.3 is 5.97 Å². The van der Waals surface area contributed by atoms with Crippen LogP contribution in [0.3, 0.4) is 0 Å². The minimum Gasteiger partial charge on any atom is -0.483 e. The van der Waals surface area contributed by atoms with Gasteiger partial charge in [0.15, 0.2) is 12.3 Å². The molecule has 360 valence electrons. The average molecular weight is 933 g/mol. The third-order valence-corrected chi connectivity index (χ3v) is 13.1. The van der Waals surface area contributed by atoms with E-state index >= 15 is 0 Å². The predicted octanol–water partition coefficient (Wildman–Crippen LogP) is -3.08. The molecule has 8 amide bonds. The number of hydrogen-bond donors (Lipinski definition) is 12. The molecule has 2 aromatic rings. The molecule has 0 radical (unpaired) electrons. The van der Waals surface area contributed by atoms with Crippen LogP contribution >= 0.6 is 0 Å². The molecule has 5 aliphatic rings. The van der Waals surface area contributed by atoms with Crippen LogP contribution in [0.2, 0.25) is 0 Å². The topological polar surface area (TPSA) is 347 Å². The van der Waals surface area contributed by atoms with E-state index < -0.39 is 138 Å². The number of nitrogens with one attached hydrogen (secondary N) is 9. The molecule has 2 unspecified atom stereocenters. The molecule has 0 fully saturated rings. The zero-order valence-electron chi connectivity index (χ0n) is 37.5. The number of aliphatic hydroxyl groups excluding tert-OH is 1. The Bertz CT molecular complexity index is 2410. The van der Waals surface area contributed by atoms with Crippen molar-refractivity contribution in [2.75, 3.05) is 25.0 Å². The number of anilines is 1. The van der Waals surface area contributed by atoms with Crippen LogP contribution in [0.25, 0.3) is 0 Å². The monoisotopic (exact) mass is 932 g/mol. The van der Waals surface area contributed by atoms with Crippen LogP contribution < -0.4 is 63.1 Å². The largest absolute Gasteiger partial charge is 0.483 e. The number of carbonyl (C=O) groups excluding carboxylic acids is 8. The second-order valence-corrected chi connectivity index (χ2v) is 18.0. The van der Waals surface area contributed by atoms with Crippen molar-refractivity contribution in [1.82, 2.24) is 42.5 Å². The number of rotatable bonds is 4. The van der Waals surface area contributed by atoms with Crippen molar-refractivity contribution in [2.24, 2.45) is 11.7 Å². The lowest BCUT2D eigenvalue weighted by atomic mass is 9.70. The van der Waals surface area contributed by atoms with Gasteiger partial charge in [-0.05, 0) is 87.3 Å². The Morgan fingerprint density at radius 3 is 2.25 bits per heavy atom. The smallest absolute Gasteiger partial charge is 0.330 e. The Hall–Kier alpha value is -7.01. The minimum atomic E-state index is -1.82. The molecule has 23 nitrogen and oxygen atoms in total. The van der Waals surface area contributed by atoms with Gasteiger partial charge in [-0.3, -0.25) is 38.4 Å². The van der Waals surface area contributed by atoms with Gasteiger partial charge in [-0.1, -0.05) is 26.0 Å². The lowest BCUT2D eigenvalue weighted by molar-refractivity contribution is -0.148. The number of para-hydroxylation sites is 1. The second-order valence-electron chi connectivity index (χ2n) is 18.0. The van der Waals surface area contributed by atoms with Gasteiger partial charge in [0.2, 0.25) is 47.3 Å². The standard InChI is InChI=1S/C44H56N10O13/c1-6-43(5)35(41(64)65)52-30(57)16-46-28(55)15-47-38(61)26-14-44-23-8-7-9-27(67-43)31(23)54-42(44)66-34-22-10-18(2)11-25(50-36(59)19(3)45)39(62)53-32(33(58)21(12-22)13-24(34)44)40(63)48-17-29(56)49-20(4)37(60)51-26/h7-9,12-13,18-20,25-26,32-33,35,42,54,58H,6,10-11,14-17,45H2,1-5H3,(H,46,55)(H,47,61)(H,48,63)(H,49,56)(H,50,59)(H,51,60)(H,52,57)(H,53,62)(H,64,65)/t18-,19?,20-,25-,26-,32-,33+,35+,42+,43+,44?/m0/s1. The molecular weight excluding hydrogens is 877 g/mol. The van der Waals surface area contributed by atoms with Crippen LogP contribution in [-0.2, 0) is 55.0 Å². The highest BCUT2D eigenvalue weighted by atomic mass is 16.5. The SMILES string of the molecule is CC[C@@]1(C)Oc2cccc3c2N[C@@H]2Oc4c5cc6cc4C32C[C@H](NC(=O)[C@H](C)NC(=O)CNC(=O)[C@@H](NC(=O)[C@@H](NC(=O)C(C)N)C[C@@H](C)C5)[C@@H]6O)C(=O)NCC(=O)NCC(=O)N[C@@H]1C(=O)O. The molecule has 5 aliphatic heterocycles. The van der Waals surface area contributed by atoms with Gasteiger partial charge in [-0.2, -0.15) is 0 Å². The van der Waals surface area contributed by atoms with E-state index in [0.29, 0.717) is 28.1 Å². The molecular formula is C44H56N10O13. The minimum absolute atomic E-state index is 0.0280. The third kappa shape index (κ3) is 9.37. The number of aliphatic hydroxyl groups is 1. The number of nitrogens with two attached hydrogens (primary N) is 1. The molecule has 0 aromatic heterocycles. The van der Waals surface area contributed by atoms with Crippen molar-refractivity contribution in [3.8, 4) is 11.5 Å². The van der Waals surface area contributed by atoms with E-state index in [1.165, 1.54) is 20.8 Å². The fourth-order valence-electron chi connectivity index (χ4n) is 9.30. The fourth-order valence-corrected chi connectivity index (χ4v) is 9.30. The van der Waals surface area contributed by atoms with Gasteiger partial charge in [-0.15, -0.1) is 0 Å². The number of aliphatic carboxylic acids is 1. The summed E-state index contributed by atoms with van der Waals surface area (Å²) < 4.78 is 13.5. The van der Waals surface area contributed by atoms with Crippen molar-refractivity contribution < 1.29 is 62.8 Å². The Kier molecular flexibility index (Phi) is 13.4. The summed E-state index contributed by atoms with van der Waals surface area (Å²) in [5, 5.41) is 46.3. The van der Waals surface area contributed by atoms with Crippen molar-refractivity contribution in [1.29, 1.82) is 0 Å². The fraction of sp³-hybridized carbons (Fsp3) is 0.523. The molecule has 0 saturated carbocycles. The highest BCUT2D eigenvalue weighted by molar-refractivity contribution is 5.97. The van der Waals surface area contributed by atoms with E-state index in [1.807, 2.05) is 6.92 Å². The van der Waals surface area contributed by atoms with Gasteiger partial charge in [0, 0.05) is 5.56 Å². The number of amides is 8. The number of ether oxygens (including phenoxy) is 2. The van der Waals surface area contributed by atoms with E-state index in [1.54, 1.807) is 37.3 Å². The summed E-state index contributed by atoms with van der Waals surface area (Å²) in [5.41, 5.74) is 4.41. The van der Waals surface area contributed by atoms with Crippen LogP contribution in [0.15, 0.2) is 30.3 Å². The number of carbonyl (C=O) groups is 9. The Morgan fingerprint density at radius 2 is 1.55 bits per heavy atom. The Labute approximate surface area is 384 Å². The second kappa shape index (κ2) is 18.7. The maximum atomic E-state index is 14.4. The maximum Gasteiger partial charge on any atom is 0.330 e. The van der Waals surface area contributed by atoms with Crippen LogP contribution in [0.4, 0.5) is 5.69 Å². The zero-order chi connectivity index (χ0) is 48.7. The average Bonchev–Trinajstić information content (AvgIpc) is 3.76. The predicted molar refractivity (Wildman–Crippen MR) is 234 cm³/mol. The number of benzene rings is 2. The lowest BCUT2D eigenvalue weighted by Gasteiger charge is -2.36. The van der Waals surface area contributed by atoms with Crippen molar-refractivity contribution in [3.05, 3.63) is 52.6 Å². The third-order valence-electron chi connectivity index (χ3n) is 13.1. The summed E-state index contributed by atoms with van der Waals surface area (Å²) in [5.74, 6) is -8.06. The van der Waals surface area contributed by atoms with Gasteiger partial charge in [0.1, 0.15) is 47.4 Å². The first-order valence-electron chi connectivity index (χ1n) is 22.1. The summed E-state index contributed by atoms with van der Waals surface area (Å²) in [7, 11) is 0. The van der Waals surface area contributed by atoms with E-state index in [4.69, 9.17) is 15.2 Å². The number of carboxylic acids is 1. The van der Waals surface area contributed by atoms with Crippen molar-refractivity contribution >= 4 is 58.9 Å². The summed E-state index contributed by atoms with van der Waals surface area (Å²) in [4.78, 5) is 122. The van der Waals surface area contributed by atoms with Gasteiger partial charge in [0.05, 0.1) is 36.8 Å². The number of fused-ring (bicyclic) bond motifs is 4. The summed E-state index contributed by atoms with van der Waals surface area (Å²) >= 11 is 0. The molecule has 0 aliphatic carbocycles. The molecule has 67 heavy (non-hydrogen) atoms. The first-order valence-corrected chi connectivity index (χ1v) is 22.1. The van der Waals surface area contributed by atoms with Crippen molar-refractivity contribution in [3.63, 3.8) is 0 Å². The zero-order valence-corrected chi connectivity index (χ0v) is 37.5. The highest BCUT2D eigenvalue weighted by Crippen LogP contribution is 2.59. The van der Waals surface area contributed by atoms with Crippen LogP contribution in [0, 0.1) is 5.92 Å². The van der Waals surface area contributed by atoms with Gasteiger partial charge < -0.3 is 73.3 Å². The molecule has 5 heterocycles. The van der Waals surface area contributed by atoms with E-state index in [2.05, 4.69) is 47.9 Å². The van der Waals surface area contributed by atoms with Crippen molar-refractivity contribution in [2.45, 2.75) is 120 Å². The summed E-state index contributed by atoms with van der Waals surface area (Å²) in [6.45, 7) is 5.74. The molecule has 0 saturated heterocycles. The Balaban J connectivity index is 1.48. The number of hydrogen-bond acceptors (Lipinski definition) is 14. The summed E-state index contributed by atoms with van der Waals surface area (Å²) in [6, 6.07) is -0.341. The van der Waals surface area contributed by atoms with E-state index in [9.17, 15) is 53.4 Å². The summed E-state index contributed by atoms with van der Waals surface area (Å²) in [6.07, 6.45) is -3.00. The quantitative estimate of drug-likeness (QED) is 0.145. The maximum absolute atomic E-state index is 14.4. The first kappa shape index (κ1) is 47.9. The first-order chi connectivity index (χ1) is 31.6. The van der Waals surface area contributed by atoms with E-state index in [0.717, 1.165) is 0 Å². The highest BCUT2D eigenvalue weighted by Gasteiger charge is 2.59. The molecule has 23 heteroatoms. The van der Waals surface area contributed by atoms with Crippen LogP contribution in [0.5, 0.6) is 11.5 Å². The molecule has 11 atom stereocenters. The molecule has 2 aromatic carbocycles. The molecule has 9 bridgehead atoms. The van der Waals surface area contributed by atoms with Gasteiger partial charge in [-0.25, -0.2) is 4.79 Å². The van der Waals surface area contributed by atoms with Gasteiger partial charge in [0.25, 0.3) is 0 Å². The molecule has 13 N–H and O–H groups in total. The molecule has 1 spiro atoms.